The molecule has 9 heteroatoms. The van der Waals surface area contributed by atoms with E-state index < -0.39 is 11.1 Å². The molecule has 4 N–H and O–H groups in total. The van der Waals surface area contributed by atoms with Gasteiger partial charge in [-0.05, 0) is 11.1 Å². The topological polar surface area (TPSA) is 130 Å². The van der Waals surface area contributed by atoms with E-state index in [1.165, 1.54) is 17.6 Å². The number of guanidine groups is 1. The highest BCUT2D eigenvalue weighted by atomic mass is 32.2. The maximum absolute atomic E-state index is 10.2. The fourth-order valence-corrected chi connectivity index (χ4v) is 1.73. The van der Waals surface area contributed by atoms with Gasteiger partial charge in [0.15, 0.2) is 5.96 Å². The minimum atomic E-state index is -2.10. The average Bonchev–Trinajstić information content (AvgIpc) is 2.59. The van der Waals surface area contributed by atoms with Gasteiger partial charge in [0, 0.05) is 20.2 Å². The number of aromatic nitrogens is 1. The summed E-state index contributed by atoms with van der Waals surface area (Å²) >= 11 is -0.810. The van der Waals surface area contributed by atoms with Crippen LogP contribution < -0.4 is 11.5 Å². The Kier molecular flexibility index (Phi) is 5.02. The van der Waals surface area contributed by atoms with Gasteiger partial charge in [0.25, 0.3) is 0 Å². The summed E-state index contributed by atoms with van der Waals surface area (Å²) in [5, 5.41) is 2.21. The summed E-state index contributed by atoms with van der Waals surface area (Å²) in [4.78, 5) is 11.7. The van der Waals surface area contributed by atoms with Gasteiger partial charge >= 0.3 is 0 Å². The Morgan fingerprint density at radius 1 is 1.75 bits per heavy atom. The molecular weight excluding hydrogens is 250 g/mol. The summed E-state index contributed by atoms with van der Waals surface area (Å²) in [6.07, 6.45) is 1.32. The van der Waals surface area contributed by atoms with E-state index in [2.05, 4.69) is 15.0 Å². The van der Waals surface area contributed by atoms with Gasteiger partial charge in [-0.25, -0.2) is 4.98 Å². The molecular formula is C7H14N5O2S2-. The molecule has 1 atom stereocenters. The predicted molar refractivity (Wildman–Crippen MR) is 67.8 cm³/mol. The molecule has 0 aliphatic rings. The fourth-order valence-electron chi connectivity index (χ4n) is 0.802. The highest BCUT2D eigenvalue weighted by Gasteiger charge is 1.99. The summed E-state index contributed by atoms with van der Waals surface area (Å²) in [7, 11) is 0. The van der Waals surface area contributed by atoms with Crippen LogP contribution in [0.1, 0.15) is 8.55 Å². The molecule has 0 saturated carbocycles. The van der Waals surface area contributed by atoms with Gasteiger partial charge < -0.3 is 16.0 Å². The van der Waals surface area contributed by atoms with Crippen LogP contribution in [0.4, 0.5) is 5.13 Å². The molecule has 1 rings (SSSR count). The lowest BCUT2D eigenvalue weighted by Crippen LogP contribution is -2.21. The molecule has 0 aliphatic heterocycles. The van der Waals surface area contributed by atoms with Crippen LogP contribution in [0.5, 0.6) is 0 Å². The summed E-state index contributed by atoms with van der Waals surface area (Å²) in [5.74, 6) is -0.142. The third-order valence-electron chi connectivity index (χ3n) is 1.36. The van der Waals surface area contributed by atoms with Crippen LogP contribution in [-0.4, -0.2) is 31.7 Å². The van der Waals surface area contributed by atoms with Crippen molar-refractivity contribution >= 4 is 39.7 Å². The van der Waals surface area contributed by atoms with E-state index in [-0.39, 0.29) is 14.6 Å². The van der Waals surface area contributed by atoms with E-state index in [0.29, 0.717) is 17.4 Å². The number of rotatable bonds is 5. The Balaban J connectivity index is 0. The van der Waals surface area contributed by atoms with Gasteiger partial charge in [-0.3, -0.25) is 9.20 Å². The standard InChI is InChI=1S/C7H11N5O2S2.2H2/c8-6(9)12-7-11-5(4-15-7)3-10-1-2-16(13)14;;/h1,4H,2-3H2,(H,13,14)(H4,8,9,11,12);2*1H/p-1. The Bertz CT molecular complexity index is 433. The summed E-state index contributed by atoms with van der Waals surface area (Å²) < 4.78 is 20.4. The molecule has 0 saturated heterocycles. The van der Waals surface area contributed by atoms with Gasteiger partial charge in [0.1, 0.15) is 0 Å². The Morgan fingerprint density at radius 3 is 3.12 bits per heavy atom. The third kappa shape index (κ3) is 4.96. The van der Waals surface area contributed by atoms with Crippen LogP contribution in [0.3, 0.4) is 0 Å². The molecule has 1 aromatic heterocycles. The molecule has 0 fully saturated rings. The zero-order chi connectivity index (χ0) is 12.0. The molecule has 0 aromatic carbocycles. The van der Waals surface area contributed by atoms with Crippen LogP contribution in [-0.2, 0) is 17.6 Å². The van der Waals surface area contributed by atoms with Gasteiger partial charge in [0.2, 0.25) is 5.13 Å². The fraction of sp³-hybridized carbons (Fsp3) is 0.286. The SMILES string of the molecule is NC(N)=Nc1nc(CN=CCS(=O)[O-])cs1.[HH].[HH]. The van der Waals surface area contributed by atoms with Crippen molar-refractivity contribution in [1.29, 1.82) is 0 Å². The minimum absolute atomic E-state index is 0. The van der Waals surface area contributed by atoms with Crippen molar-refractivity contribution in [2.75, 3.05) is 5.75 Å². The monoisotopic (exact) mass is 264 g/mol. The molecule has 0 bridgehead atoms. The smallest absolute Gasteiger partial charge is 0.212 e. The van der Waals surface area contributed by atoms with Crippen LogP contribution in [0, 0.1) is 0 Å². The summed E-state index contributed by atoms with van der Waals surface area (Å²) in [6, 6.07) is 0. The highest BCUT2D eigenvalue weighted by molar-refractivity contribution is 7.79. The van der Waals surface area contributed by atoms with E-state index in [1.807, 2.05) is 0 Å². The van der Waals surface area contributed by atoms with Crippen LogP contribution in [0.2, 0.25) is 0 Å². The molecule has 16 heavy (non-hydrogen) atoms. The quantitative estimate of drug-likeness (QED) is 0.439. The lowest BCUT2D eigenvalue weighted by molar-refractivity contribution is 0.541. The molecule has 0 spiro atoms. The van der Waals surface area contributed by atoms with Crippen molar-refractivity contribution in [3.8, 4) is 0 Å². The van der Waals surface area contributed by atoms with Gasteiger partial charge in [0.05, 0.1) is 12.2 Å². The average molecular weight is 264 g/mol. The van der Waals surface area contributed by atoms with Gasteiger partial charge in [-0.1, -0.05) is 0 Å². The third-order valence-corrected chi connectivity index (χ3v) is 2.56. The van der Waals surface area contributed by atoms with Gasteiger partial charge in [-0.2, -0.15) is 4.99 Å². The first-order valence-electron chi connectivity index (χ1n) is 4.16. The number of hydrogen-bond donors (Lipinski definition) is 2. The number of aliphatic imine (C=N–C) groups is 2. The first kappa shape index (κ1) is 12.7. The second-order valence-electron chi connectivity index (χ2n) is 2.65. The second kappa shape index (κ2) is 6.30. The van der Waals surface area contributed by atoms with Crippen LogP contribution in [0.25, 0.3) is 0 Å². The highest BCUT2D eigenvalue weighted by Crippen LogP contribution is 2.18. The Labute approximate surface area is 102 Å². The van der Waals surface area contributed by atoms with Gasteiger partial charge in [-0.15, -0.1) is 11.3 Å². The molecule has 1 heterocycles. The molecule has 0 aliphatic carbocycles. The maximum atomic E-state index is 10.2. The van der Waals surface area contributed by atoms with E-state index in [9.17, 15) is 8.76 Å². The lowest BCUT2D eigenvalue weighted by atomic mass is 10.5. The Morgan fingerprint density at radius 2 is 2.50 bits per heavy atom. The summed E-state index contributed by atoms with van der Waals surface area (Å²) in [6.45, 7) is 0.313. The number of thiazole rings is 1. The lowest BCUT2D eigenvalue weighted by Gasteiger charge is -1.96. The first-order valence-corrected chi connectivity index (χ1v) is 6.28. The van der Waals surface area contributed by atoms with E-state index in [0.717, 1.165) is 0 Å². The number of nitrogens with zero attached hydrogens (tertiary/aromatic N) is 3. The van der Waals surface area contributed by atoms with Crippen molar-refractivity contribution in [1.82, 2.24) is 4.98 Å². The van der Waals surface area contributed by atoms with Crippen molar-refractivity contribution in [3.63, 3.8) is 0 Å². The summed E-state index contributed by atoms with van der Waals surface area (Å²) in [5.41, 5.74) is 11.1. The Hall–Kier alpha value is -1.32. The molecule has 0 amide bonds. The van der Waals surface area contributed by atoms with Crippen molar-refractivity contribution < 1.29 is 11.6 Å². The molecule has 1 aromatic rings. The van der Waals surface area contributed by atoms with E-state index >= 15 is 0 Å². The van der Waals surface area contributed by atoms with E-state index in [4.69, 9.17) is 11.5 Å². The maximum Gasteiger partial charge on any atom is 0.212 e. The molecule has 0 radical (unpaired) electrons. The zero-order valence-corrected chi connectivity index (χ0v) is 9.83. The zero-order valence-electron chi connectivity index (χ0n) is 8.20. The van der Waals surface area contributed by atoms with Crippen molar-refractivity contribution in [2.24, 2.45) is 21.5 Å². The normalized spacial score (nSPS) is 12.8. The van der Waals surface area contributed by atoms with E-state index in [1.54, 1.807) is 5.38 Å². The molecule has 1 unspecified atom stereocenters. The minimum Gasteiger partial charge on any atom is -0.772 e. The van der Waals surface area contributed by atoms with Crippen LogP contribution >= 0.6 is 11.3 Å². The largest absolute Gasteiger partial charge is 0.772 e. The number of hydrogen-bond acceptors (Lipinski definition) is 6. The predicted octanol–water partition coefficient (Wildman–Crippen LogP) is -0.0101. The first-order chi connectivity index (χ1) is 7.58. The number of nitrogens with two attached hydrogens (primary N) is 2. The molecule has 92 valence electrons. The van der Waals surface area contributed by atoms with Crippen molar-refractivity contribution in [3.05, 3.63) is 11.1 Å². The van der Waals surface area contributed by atoms with Crippen LogP contribution in [0.15, 0.2) is 15.4 Å². The second-order valence-corrected chi connectivity index (χ2v) is 4.43. The van der Waals surface area contributed by atoms with Crippen molar-refractivity contribution in [2.45, 2.75) is 6.54 Å². The molecule has 7 nitrogen and oxygen atoms in total.